The summed E-state index contributed by atoms with van der Waals surface area (Å²) in [6.45, 7) is 2.54. The van der Waals surface area contributed by atoms with E-state index in [9.17, 15) is 4.79 Å². The van der Waals surface area contributed by atoms with Crippen molar-refractivity contribution in [2.45, 2.75) is 13.3 Å². The van der Waals surface area contributed by atoms with Crippen molar-refractivity contribution >= 4 is 22.5 Å². The lowest BCUT2D eigenvalue weighted by atomic mass is 10.1. The molecular weight excluding hydrogens is 214 g/mol. The molecule has 1 aromatic carbocycles. The minimum atomic E-state index is -0.00482. The average Bonchev–Trinajstić information content (AvgIpc) is 2.29. The lowest BCUT2D eigenvalue weighted by Crippen LogP contribution is -2.24. The Labute approximate surface area is 99.8 Å². The summed E-state index contributed by atoms with van der Waals surface area (Å²) in [7, 11) is 0. The lowest BCUT2D eigenvalue weighted by molar-refractivity contribution is -0.120. The Bertz CT molecular complexity index is 551. The highest BCUT2D eigenvalue weighted by atomic mass is 16.1. The van der Waals surface area contributed by atoms with Gasteiger partial charge in [-0.25, -0.2) is 0 Å². The molecule has 0 radical (unpaired) electrons. The number of amides is 1. The Hall–Kier alpha value is -2.10. The van der Waals surface area contributed by atoms with Crippen LogP contribution in [0.4, 0.5) is 5.69 Å². The number of aromatic nitrogens is 1. The van der Waals surface area contributed by atoms with E-state index in [1.54, 1.807) is 0 Å². The third-order valence-electron chi connectivity index (χ3n) is 2.49. The smallest absolute Gasteiger partial charge is 0.226 e. The molecule has 3 N–H and O–H groups in total. The Morgan fingerprint density at radius 3 is 2.94 bits per heavy atom. The van der Waals surface area contributed by atoms with E-state index in [1.165, 1.54) is 0 Å². The van der Waals surface area contributed by atoms with Crippen LogP contribution in [0.15, 0.2) is 30.3 Å². The van der Waals surface area contributed by atoms with Crippen LogP contribution < -0.4 is 11.1 Å². The van der Waals surface area contributed by atoms with Gasteiger partial charge >= 0.3 is 0 Å². The van der Waals surface area contributed by atoms with E-state index in [1.807, 2.05) is 37.3 Å². The normalized spacial score (nSPS) is 10.4. The van der Waals surface area contributed by atoms with Crippen LogP contribution in [-0.2, 0) is 11.2 Å². The third-order valence-corrected chi connectivity index (χ3v) is 2.49. The number of benzene rings is 1. The number of nitrogens with two attached hydrogens (primary N) is 1. The minimum Gasteiger partial charge on any atom is -0.399 e. The molecule has 1 amide bonds. The van der Waals surface area contributed by atoms with E-state index in [-0.39, 0.29) is 5.91 Å². The van der Waals surface area contributed by atoms with Crippen LogP contribution in [0.1, 0.15) is 12.6 Å². The van der Waals surface area contributed by atoms with Crippen LogP contribution in [0.2, 0.25) is 0 Å². The van der Waals surface area contributed by atoms with E-state index >= 15 is 0 Å². The molecule has 4 heteroatoms. The quantitative estimate of drug-likeness (QED) is 0.784. The number of anilines is 1. The zero-order valence-electron chi connectivity index (χ0n) is 9.73. The second-order valence-corrected chi connectivity index (χ2v) is 3.89. The summed E-state index contributed by atoms with van der Waals surface area (Å²) >= 11 is 0. The van der Waals surface area contributed by atoms with Crippen LogP contribution in [-0.4, -0.2) is 17.4 Å². The fourth-order valence-electron chi connectivity index (χ4n) is 1.71. The van der Waals surface area contributed by atoms with Gasteiger partial charge in [-0.1, -0.05) is 6.07 Å². The Kier molecular flexibility index (Phi) is 3.23. The van der Waals surface area contributed by atoms with Crippen molar-refractivity contribution in [1.82, 2.24) is 10.3 Å². The van der Waals surface area contributed by atoms with Crippen molar-refractivity contribution in [3.8, 4) is 0 Å². The van der Waals surface area contributed by atoms with Gasteiger partial charge in [-0.15, -0.1) is 0 Å². The topological polar surface area (TPSA) is 68.0 Å². The minimum absolute atomic E-state index is 0.00482. The highest BCUT2D eigenvalue weighted by Crippen LogP contribution is 2.16. The maximum atomic E-state index is 11.4. The zero-order chi connectivity index (χ0) is 12.3. The van der Waals surface area contributed by atoms with Gasteiger partial charge in [0.1, 0.15) is 0 Å². The molecule has 0 aliphatic heterocycles. The highest BCUT2D eigenvalue weighted by molar-refractivity contribution is 5.83. The first-order valence-electron chi connectivity index (χ1n) is 5.61. The third kappa shape index (κ3) is 2.72. The van der Waals surface area contributed by atoms with Gasteiger partial charge in [0.2, 0.25) is 5.91 Å². The van der Waals surface area contributed by atoms with E-state index in [2.05, 4.69) is 10.3 Å². The molecule has 17 heavy (non-hydrogen) atoms. The number of hydrogen-bond acceptors (Lipinski definition) is 3. The first-order chi connectivity index (χ1) is 8.19. The van der Waals surface area contributed by atoms with Gasteiger partial charge < -0.3 is 11.1 Å². The number of hydrogen-bond donors (Lipinski definition) is 2. The van der Waals surface area contributed by atoms with Crippen LogP contribution >= 0.6 is 0 Å². The van der Waals surface area contributed by atoms with Gasteiger partial charge in [-0.3, -0.25) is 9.78 Å². The molecule has 0 unspecified atom stereocenters. The van der Waals surface area contributed by atoms with Gasteiger partial charge in [0.15, 0.2) is 0 Å². The van der Waals surface area contributed by atoms with Crippen molar-refractivity contribution < 1.29 is 4.79 Å². The molecule has 0 spiro atoms. The summed E-state index contributed by atoms with van der Waals surface area (Å²) in [4.78, 5) is 15.9. The largest absolute Gasteiger partial charge is 0.399 e. The number of likely N-dealkylation sites (N-methyl/N-ethyl adjacent to an activating group) is 1. The molecule has 0 aliphatic carbocycles. The molecule has 0 bridgehead atoms. The molecule has 1 aromatic heterocycles. The van der Waals surface area contributed by atoms with Crippen LogP contribution in [0.5, 0.6) is 0 Å². The monoisotopic (exact) mass is 229 g/mol. The standard InChI is InChI=1S/C13H15N3O/c1-2-15-13(17)8-11-5-3-9-7-10(14)4-6-12(9)16-11/h3-7H,2,8,14H2,1H3,(H,15,17). The number of nitrogens with zero attached hydrogens (tertiary/aromatic N) is 1. The van der Waals surface area contributed by atoms with Crippen molar-refractivity contribution in [2.75, 3.05) is 12.3 Å². The molecule has 1 heterocycles. The predicted molar refractivity (Wildman–Crippen MR) is 68.5 cm³/mol. The van der Waals surface area contributed by atoms with Crippen molar-refractivity contribution in [3.05, 3.63) is 36.0 Å². The van der Waals surface area contributed by atoms with Crippen LogP contribution in [0.25, 0.3) is 10.9 Å². The molecule has 2 aromatic rings. The van der Waals surface area contributed by atoms with Crippen LogP contribution in [0, 0.1) is 0 Å². The summed E-state index contributed by atoms with van der Waals surface area (Å²) < 4.78 is 0. The average molecular weight is 229 g/mol. The van der Waals surface area contributed by atoms with Gasteiger partial charge in [-0.2, -0.15) is 0 Å². The Morgan fingerprint density at radius 1 is 1.35 bits per heavy atom. The summed E-state index contributed by atoms with van der Waals surface area (Å²) in [5.41, 5.74) is 8.04. The molecule has 0 atom stereocenters. The first kappa shape index (κ1) is 11.4. The second kappa shape index (κ2) is 4.82. The second-order valence-electron chi connectivity index (χ2n) is 3.89. The van der Waals surface area contributed by atoms with E-state index in [0.717, 1.165) is 22.3 Å². The number of fused-ring (bicyclic) bond motifs is 1. The highest BCUT2D eigenvalue weighted by Gasteiger charge is 2.04. The Balaban J connectivity index is 2.26. The summed E-state index contributed by atoms with van der Waals surface area (Å²) in [5, 5.41) is 3.74. The molecule has 0 fully saturated rings. The van der Waals surface area contributed by atoms with E-state index in [4.69, 9.17) is 5.73 Å². The van der Waals surface area contributed by atoms with E-state index in [0.29, 0.717) is 13.0 Å². The van der Waals surface area contributed by atoms with Gasteiger partial charge in [0, 0.05) is 17.6 Å². The van der Waals surface area contributed by atoms with Gasteiger partial charge in [-0.05, 0) is 31.2 Å². The molecule has 0 saturated carbocycles. The first-order valence-corrected chi connectivity index (χ1v) is 5.61. The number of pyridine rings is 1. The van der Waals surface area contributed by atoms with Crippen molar-refractivity contribution in [3.63, 3.8) is 0 Å². The number of rotatable bonds is 3. The maximum Gasteiger partial charge on any atom is 0.226 e. The predicted octanol–water partition coefficient (Wildman–Crippen LogP) is 1.50. The van der Waals surface area contributed by atoms with Crippen molar-refractivity contribution in [1.29, 1.82) is 0 Å². The fourth-order valence-corrected chi connectivity index (χ4v) is 1.71. The van der Waals surface area contributed by atoms with Crippen LogP contribution in [0.3, 0.4) is 0 Å². The molecule has 0 aliphatic rings. The van der Waals surface area contributed by atoms with Gasteiger partial charge in [0.05, 0.1) is 17.6 Å². The molecule has 2 rings (SSSR count). The molecule has 0 saturated heterocycles. The van der Waals surface area contributed by atoms with Crippen molar-refractivity contribution in [2.24, 2.45) is 0 Å². The number of nitrogen functional groups attached to an aromatic ring is 1. The lowest BCUT2D eigenvalue weighted by Gasteiger charge is -2.04. The van der Waals surface area contributed by atoms with Gasteiger partial charge in [0.25, 0.3) is 0 Å². The van der Waals surface area contributed by atoms with E-state index < -0.39 is 0 Å². The summed E-state index contributed by atoms with van der Waals surface area (Å²) in [5.74, 6) is -0.00482. The number of nitrogens with one attached hydrogen (secondary N) is 1. The maximum absolute atomic E-state index is 11.4. The molecular formula is C13H15N3O. The number of carbonyl (C=O) groups excluding carboxylic acids is 1. The summed E-state index contributed by atoms with van der Waals surface area (Å²) in [6, 6.07) is 9.35. The Morgan fingerprint density at radius 2 is 2.18 bits per heavy atom. The SMILES string of the molecule is CCNC(=O)Cc1ccc2cc(N)ccc2n1. The molecule has 88 valence electrons. The zero-order valence-corrected chi connectivity index (χ0v) is 9.73. The number of carbonyl (C=O) groups is 1. The fraction of sp³-hybridized carbons (Fsp3) is 0.231. The molecule has 4 nitrogen and oxygen atoms in total. The summed E-state index contributed by atoms with van der Waals surface area (Å²) in [6.07, 6.45) is 0.314.